The lowest BCUT2D eigenvalue weighted by Gasteiger charge is -2.27. The number of rotatable bonds is 4. The summed E-state index contributed by atoms with van der Waals surface area (Å²) in [6.07, 6.45) is 6.57. The van der Waals surface area contributed by atoms with Crippen LogP contribution in [0.5, 0.6) is 0 Å². The van der Waals surface area contributed by atoms with Crippen LogP contribution in [-0.4, -0.2) is 46.4 Å². The molecule has 0 aliphatic carbocycles. The maximum Gasteiger partial charge on any atom is 0.192 e. The van der Waals surface area contributed by atoms with Gasteiger partial charge in [0.2, 0.25) is 0 Å². The molecular weight excluding hydrogens is 254 g/mol. The molecule has 2 N–H and O–H groups in total. The summed E-state index contributed by atoms with van der Waals surface area (Å²) in [6.45, 7) is 6.65. The molecule has 3 heterocycles. The number of aromatic nitrogens is 2. The number of nitrogens with zero attached hydrogens (tertiary/aromatic N) is 4. The van der Waals surface area contributed by atoms with E-state index in [1.54, 1.807) is 0 Å². The van der Waals surface area contributed by atoms with E-state index in [1.807, 2.05) is 10.9 Å². The molecule has 0 bridgehead atoms. The predicted octanol–water partition coefficient (Wildman–Crippen LogP) is 1.31. The average molecular weight is 277 g/mol. The Kier molecular flexibility index (Phi) is 3.65. The number of hydrogen-bond acceptors (Lipinski definition) is 5. The van der Waals surface area contributed by atoms with Gasteiger partial charge in [-0.3, -0.25) is 9.67 Å². The minimum Gasteiger partial charge on any atom is -0.376 e. The molecule has 110 valence electrons. The van der Waals surface area contributed by atoms with E-state index in [-0.39, 0.29) is 12.1 Å². The summed E-state index contributed by atoms with van der Waals surface area (Å²) in [4.78, 5) is 6.56. The largest absolute Gasteiger partial charge is 0.376 e. The van der Waals surface area contributed by atoms with Gasteiger partial charge in [0.05, 0.1) is 24.9 Å². The Morgan fingerprint density at radius 3 is 3.00 bits per heavy atom. The van der Waals surface area contributed by atoms with E-state index in [2.05, 4.69) is 35.0 Å². The molecule has 6 nitrogen and oxygen atoms in total. The van der Waals surface area contributed by atoms with E-state index in [0.29, 0.717) is 18.5 Å². The van der Waals surface area contributed by atoms with Crippen LogP contribution >= 0.6 is 0 Å². The molecule has 1 saturated heterocycles. The molecule has 3 rings (SSSR count). The van der Waals surface area contributed by atoms with Crippen molar-refractivity contribution >= 4 is 5.96 Å². The van der Waals surface area contributed by atoms with Crippen molar-refractivity contribution in [3.8, 4) is 0 Å². The first kappa shape index (κ1) is 13.4. The van der Waals surface area contributed by atoms with Gasteiger partial charge in [-0.25, -0.2) is 0 Å². The fourth-order valence-electron chi connectivity index (χ4n) is 2.85. The zero-order valence-corrected chi connectivity index (χ0v) is 12.2. The predicted molar refractivity (Wildman–Crippen MR) is 77.5 cm³/mol. The lowest BCUT2D eigenvalue weighted by Crippen LogP contribution is -2.40. The zero-order valence-electron chi connectivity index (χ0n) is 12.2. The van der Waals surface area contributed by atoms with Gasteiger partial charge in [-0.2, -0.15) is 5.10 Å². The molecule has 0 aromatic carbocycles. The number of aliphatic imine (C=N–C) groups is 1. The Balaban J connectivity index is 1.73. The van der Waals surface area contributed by atoms with Crippen molar-refractivity contribution in [3.63, 3.8) is 0 Å². The second kappa shape index (κ2) is 5.44. The van der Waals surface area contributed by atoms with Crippen LogP contribution in [-0.2, 0) is 4.74 Å². The van der Waals surface area contributed by atoms with Crippen LogP contribution in [0.25, 0.3) is 0 Å². The number of guanidine groups is 1. The van der Waals surface area contributed by atoms with Crippen LogP contribution in [0.4, 0.5) is 0 Å². The van der Waals surface area contributed by atoms with Gasteiger partial charge in [-0.05, 0) is 26.7 Å². The van der Waals surface area contributed by atoms with E-state index in [1.165, 1.54) is 5.56 Å². The minimum absolute atomic E-state index is 0.201. The van der Waals surface area contributed by atoms with Crippen LogP contribution in [0.2, 0.25) is 0 Å². The first-order valence-corrected chi connectivity index (χ1v) is 7.37. The van der Waals surface area contributed by atoms with Crippen LogP contribution < -0.4 is 5.73 Å². The van der Waals surface area contributed by atoms with Gasteiger partial charge >= 0.3 is 0 Å². The molecule has 2 unspecified atom stereocenters. The van der Waals surface area contributed by atoms with Gasteiger partial charge in [0.15, 0.2) is 5.96 Å². The highest BCUT2D eigenvalue weighted by atomic mass is 16.5. The molecule has 0 saturated carbocycles. The van der Waals surface area contributed by atoms with Gasteiger partial charge in [-0.15, -0.1) is 0 Å². The Bertz CT molecular complexity index is 490. The number of nitrogens with two attached hydrogens (primary N) is 1. The second-order valence-corrected chi connectivity index (χ2v) is 5.85. The fourth-order valence-corrected chi connectivity index (χ4v) is 2.85. The Morgan fingerprint density at radius 1 is 1.50 bits per heavy atom. The number of ether oxygens (including phenoxy) is 1. The van der Waals surface area contributed by atoms with Crippen LogP contribution in [0.1, 0.15) is 44.3 Å². The second-order valence-electron chi connectivity index (χ2n) is 5.85. The molecule has 2 aliphatic rings. The monoisotopic (exact) mass is 277 g/mol. The Labute approximate surface area is 119 Å². The Morgan fingerprint density at radius 2 is 2.35 bits per heavy atom. The van der Waals surface area contributed by atoms with Crippen LogP contribution in [0.15, 0.2) is 17.4 Å². The summed E-state index contributed by atoms with van der Waals surface area (Å²) in [7, 11) is 0. The fraction of sp³-hybridized carbons (Fsp3) is 0.714. The highest BCUT2D eigenvalue weighted by Crippen LogP contribution is 2.27. The third-order valence-electron chi connectivity index (χ3n) is 4.06. The molecule has 0 radical (unpaired) electrons. The van der Waals surface area contributed by atoms with Crippen molar-refractivity contribution in [3.05, 3.63) is 18.0 Å². The van der Waals surface area contributed by atoms with Gasteiger partial charge in [-0.1, -0.05) is 0 Å². The van der Waals surface area contributed by atoms with E-state index < -0.39 is 0 Å². The molecule has 2 aliphatic heterocycles. The van der Waals surface area contributed by atoms with Gasteiger partial charge < -0.3 is 15.4 Å². The third-order valence-corrected chi connectivity index (χ3v) is 4.06. The highest BCUT2D eigenvalue weighted by molar-refractivity contribution is 5.80. The van der Waals surface area contributed by atoms with Gasteiger partial charge in [0.1, 0.15) is 0 Å². The van der Waals surface area contributed by atoms with Crippen molar-refractivity contribution in [1.29, 1.82) is 0 Å². The highest BCUT2D eigenvalue weighted by Gasteiger charge is 2.31. The van der Waals surface area contributed by atoms with Crippen molar-refractivity contribution in [1.82, 2.24) is 14.7 Å². The zero-order chi connectivity index (χ0) is 14.1. The van der Waals surface area contributed by atoms with Crippen molar-refractivity contribution in [2.24, 2.45) is 10.7 Å². The first-order valence-electron chi connectivity index (χ1n) is 7.37. The van der Waals surface area contributed by atoms with Crippen LogP contribution in [0, 0.1) is 0 Å². The quantitative estimate of drug-likeness (QED) is 0.901. The smallest absolute Gasteiger partial charge is 0.192 e. The third kappa shape index (κ3) is 2.52. The lowest BCUT2D eigenvalue weighted by atomic mass is 10.1. The number of hydrogen-bond donors (Lipinski definition) is 1. The SMILES string of the molecule is CC(C)n1cc(C2CN=C(N)N2CC2CCCO2)cn1. The standard InChI is InChI=1S/C14H23N5O/c1-10(2)19-8-11(6-17-19)13-7-16-14(15)18(13)9-12-4-3-5-20-12/h6,8,10,12-13H,3-5,7,9H2,1-2H3,(H2,15,16). The summed E-state index contributed by atoms with van der Waals surface area (Å²) in [5.41, 5.74) is 7.23. The molecule has 2 atom stereocenters. The summed E-state index contributed by atoms with van der Waals surface area (Å²) in [6, 6.07) is 0.571. The van der Waals surface area contributed by atoms with E-state index in [0.717, 1.165) is 26.0 Å². The lowest BCUT2D eigenvalue weighted by molar-refractivity contribution is 0.0852. The summed E-state index contributed by atoms with van der Waals surface area (Å²) >= 11 is 0. The molecule has 1 aromatic heterocycles. The Hall–Kier alpha value is -1.56. The molecule has 1 fully saturated rings. The summed E-state index contributed by atoms with van der Waals surface area (Å²) < 4.78 is 7.70. The molecule has 1 aromatic rings. The van der Waals surface area contributed by atoms with Crippen molar-refractivity contribution in [2.45, 2.75) is 44.9 Å². The maximum atomic E-state index is 6.04. The topological polar surface area (TPSA) is 68.7 Å². The normalized spacial score (nSPS) is 26.6. The molecule has 0 amide bonds. The van der Waals surface area contributed by atoms with E-state index >= 15 is 0 Å². The van der Waals surface area contributed by atoms with E-state index in [4.69, 9.17) is 10.5 Å². The maximum absolute atomic E-state index is 6.04. The van der Waals surface area contributed by atoms with Gasteiger partial charge in [0, 0.05) is 31.0 Å². The minimum atomic E-state index is 0.201. The van der Waals surface area contributed by atoms with Crippen molar-refractivity contribution in [2.75, 3.05) is 19.7 Å². The molecular formula is C14H23N5O. The molecule has 0 spiro atoms. The van der Waals surface area contributed by atoms with Crippen molar-refractivity contribution < 1.29 is 4.74 Å². The summed E-state index contributed by atoms with van der Waals surface area (Å²) in [5, 5.41) is 4.42. The molecule has 20 heavy (non-hydrogen) atoms. The first-order chi connectivity index (χ1) is 9.65. The average Bonchev–Trinajstić information content (AvgIpc) is 3.12. The van der Waals surface area contributed by atoms with Gasteiger partial charge in [0.25, 0.3) is 0 Å². The van der Waals surface area contributed by atoms with Crippen LogP contribution in [0.3, 0.4) is 0 Å². The van der Waals surface area contributed by atoms with E-state index in [9.17, 15) is 0 Å². The summed E-state index contributed by atoms with van der Waals surface area (Å²) in [5.74, 6) is 0.628. The molecule has 6 heteroatoms.